The van der Waals surface area contributed by atoms with Crippen LogP contribution in [0.2, 0.25) is 0 Å². The second-order valence-electron chi connectivity index (χ2n) is 3.28. The lowest BCUT2D eigenvalue weighted by Gasteiger charge is -2.27. The Hall–Kier alpha value is -0.560. The van der Waals surface area contributed by atoms with Gasteiger partial charge in [-0.15, -0.1) is 0 Å². The third kappa shape index (κ3) is 2.19. The van der Waals surface area contributed by atoms with Gasteiger partial charge in [-0.3, -0.25) is 0 Å². The van der Waals surface area contributed by atoms with E-state index in [9.17, 15) is 5.11 Å². The molecule has 0 aromatic heterocycles. The van der Waals surface area contributed by atoms with Crippen LogP contribution in [0.15, 0.2) is 24.3 Å². The van der Waals surface area contributed by atoms with Crippen molar-refractivity contribution in [3.63, 3.8) is 0 Å². The molecular weight excluding hydrogens is 136 g/mol. The van der Waals surface area contributed by atoms with Crippen molar-refractivity contribution in [1.82, 2.24) is 0 Å². The lowest BCUT2D eigenvalue weighted by Crippen LogP contribution is -2.25. The topological polar surface area (TPSA) is 20.2 Å². The Morgan fingerprint density at radius 2 is 2.82 bits per heavy atom. The Balaban J connectivity index is 2.98. The molecule has 0 heterocycles. The molecule has 62 valence electrons. The molecule has 1 nitrogen and oxygen atoms in total. The number of aliphatic hydroxyl groups is 1. The molecule has 0 aliphatic heterocycles. The monoisotopic (exact) mass is 157 g/mol. The Morgan fingerprint density at radius 1 is 2.00 bits per heavy atom. The molecule has 1 rings (SSSR count). The van der Waals surface area contributed by atoms with Gasteiger partial charge in [0.15, 0.2) is 0 Å². The highest BCUT2D eigenvalue weighted by Crippen LogP contribution is 2.28. The molecule has 0 aromatic rings. The van der Waals surface area contributed by atoms with E-state index < -0.39 is 24.9 Å². The molecule has 0 aromatic carbocycles. The third-order valence-corrected chi connectivity index (χ3v) is 2.02. The van der Waals surface area contributed by atoms with Crippen molar-refractivity contribution < 1.29 is 12.0 Å². The fourth-order valence-electron chi connectivity index (χ4n) is 1.19. The van der Waals surface area contributed by atoms with Crippen LogP contribution in [0.25, 0.3) is 0 Å². The quantitative estimate of drug-likeness (QED) is 0.579. The van der Waals surface area contributed by atoms with Crippen molar-refractivity contribution in [2.75, 3.05) is 0 Å². The molecule has 0 spiro atoms. The summed E-state index contributed by atoms with van der Waals surface area (Å²) >= 11 is 0. The summed E-state index contributed by atoms with van der Waals surface area (Å²) < 4.78 is 36.3. The van der Waals surface area contributed by atoms with Crippen molar-refractivity contribution in [2.45, 2.75) is 32.2 Å². The molecule has 1 N–H and O–H groups in total. The molecule has 1 aliphatic carbocycles. The van der Waals surface area contributed by atoms with Crippen molar-refractivity contribution in [1.29, 1.82) is 0 Å². The summed E-state index contributed by atoms with van der Waals surface area (Å²) in [5.74, 6) is -0.433. The summed E-state index contributed by atoms with van der Waals surface area (Å²) in [5.41, 5.74) is -1.04. The van der Waals surface area contributed by atoms with Crippen molar-refractivity contribution in [3.8, 4) is 0 Å². The largest absolute Gasteiger partial charge is 0.386 e. The molecule has 2 atom stereocenters. The van der Waals surface area contributed by atoms with E-state index in [0.717, 1.165) is 0 Å². The average Bonchev–Trinajstić information content (AvgIpc) is 2.05. The fourth-order valence-corrected chi connectivity index (χ4v) is 1.19. The van der Waals surface area contributed by atoms with Gasteiger partial charge >= 0.3 is 0 Å². The zero-order valence-corrected chi connectivity index (χ0v) is 6.59. The van der Waals surface area contributed by atoms with Gasteiger partial charge in [0.05, 0.1) is 8.34 Å². The maximum atomic E-state index is 9.68. The summed E-state index contributed by atoms with van der Waals surface area (Å²) in [6.45, 7) is -1.39. The third-order valence-electron chi connectivity index (χ3n) is 2.02. The predicted octanol–water partition coefficient (Wildman–Crippen LogP) is 2.28. The van der Waals surface area contributed by atoms with Crippen LogP contribution in [0.4, 0.5) is 0 Å². The maximum absolute atomic E-state index is 9.68. The SMILES string of the molecule is [2H]C([2H])=C([C@H]1C=CC(C)(O)CC1)C([2H])([2H])[2H]. The predicted molar refractivity (Wildman–Crippen MR) is 47.3 cm³/mol. The molecule has 0 bridgehead atoms. The summed E-state index contributed by atoms with van der Waals surface area (Å²) in [6, 6.07) is 0. The first-order valence-electron chi connectivity index (χ1n) is 6.23. The van der Waals surface area contributed by atoms with E-state index in [1.54, 1.807) is 19.1 Å². The van der Waals surface area contributed by atoms with Gasteiger partial charge in [0.25, 0.3) is 0 Å². The van der Waals surface area contributed by atoms with Crippen LogP contribution in [-0.4, -0.2) is 10.7 Å². The van der Waals surface area contributed by atoms with E-state index >= 15 is 0 Å². The first-order chi connectivity index (χ1) is 7.13. The highest BCUT2D eigenvalue weighted by Gasteiger charge is 2.23. The van der Waals surface area contributed by atoms with E-state index in [1.165, 1.54) is 0 Å². The van der Waals surface area contributed by atoms with E-state index in [4.69, 9.17) is 6.85 Å². The molecule has 0 fully saturated rings. The fraction of sp³-hybridized carbons (Fsp3) is 0.600. The highest BCUT2D eigenvalue weighted by atomic mass is 16.3. The standard InChI is InChI=1S/C10H16O/c1-8(2)9-4-6-10(3,11)7-5-9/h4,6,9,11H,1,5,7H2,2-3H3/t9-,10?/m0/s1/i1D2,2D3. The van der Waals surface area contributed by atoms with Gasteiger partial charge < -0.3 is 5.11 Å². The minimum Gasteiger partial charge on any atom is -0.386 e. The number of hydrogen-bond acceptors (Lipinski definition) is 1. The second-order valence-corrected chi connectivity index (χ2v) is 3.28. The van der Waals surface area contributed by atoms with Gasteiger partial charge in [-0.05, 0) is 32.5 Å². The van der Waals surface area contributed by atoms with Crippen LogP contribution in [0.3, 0.4) is 0 Å². The lowest BCUT2D eigenvalue weighted by molar-refractivity contribution is 0.0903. The van der Waals surface area contributed by atoms with E-state index in [-0.39, 0.29) is 5.57 Å². The molecule has 0 amide bonds. The average molecular weight is 157 g/mol. The van der Waals surface area contributed by atoms with Gasteiger partial charge in [-0.25, -0.2) is 0 Å². The second kappa shape index (κ2) is 2.82. The van der Waals surface area contributed by atoms with Gasteiger partial charge in [-0.1, -0.05) is 24.3 Å². The van der Waals surface area contributed by atoms with Gasteiger partial charge in [0, 0.05) is 4.11 Å². The number of allylic oxidation sites excluding steroid dienone is 2. The van der Waals surface area contributed by atoms with Crippen LogP contribution in [-0.2, 0) is 0 Å². The zero-order chi connectivity index (χ0) is 12.6. The smallest absolute Gasteiger partial charge is 0.0800 e. The minimum absolute atomic E-state index is 0.140. The van der Waals surface area contributed by atoms with Gasteiger partial charge in [0.2, 0.25) is 0 Å². The molecule has 0 saturated carbocycles. The molecular formula is C10H16O. The first kappa shape index (κ1) is 3.90. The summed E-state index contributed by atoms with van der Waals surface area (Å²) in [6.07, 6.45) is 4.05. The summed E-state index contributed by atoms with van der Waals surface area (Å²) in [5, 5.41) is 9.68. The molecule has 0 saturated heterocycles. The summed E-state index contributed by atoms with van der Waals surface area (Å²) in [4.78, 5) is 0. The Kier molecular flexibility index (Phi) is 1.00. The molecule has 0 radical (unpaired) electrons. The minimum atomic E-state index is -2.41. The van der Waals surface area contributed by atoms with Crippen LogP contribution in [0, 0.1) is 5.92 Å². The van der Waals surface area contributed by atoms with E-state index in [0.29, 0.717) is 12.8 Å². The molecule has 1 unspecified atom stereocenters. The van der Waals surface area contributed by atoms with Crippen molar-refractivity contribution in [2.24, 2.45) is 5.92 Å². The molecule has 1 heteroatoms. The van der Waals surface area contributed by atoms with E-state index in [1.807, 2.05) is 0 Å². The van der Waals surface area contributed by atoms with Crippen molar-refractivity contribution >= 4 is 0 Å². The van der Waals surface area contributed by atoms with Crippen LogP contribution in [0.1, 0.15) is 33.5 Å². The van der Waals surface area contributed by atoms with Gasteiger partial charge in [0.1, 0.15) is 0 Å². The first-order valence-corrected chi connectivity index (χ1v) is 3.73. The van der Waals surface area contributed by atoms with Crippen LogP contribution >= 0.6 is 0 Å². The zero-order valence-electron chi connectivity index (χ0n) is 11.6. The lowest BCUT2D eigenvalue weighted by atomic mass is 9.84. The Labute approximate surface area is 75.5 Å². The van der Waals surface area contributed by atoms with Crippen molar-refractivity contribution in [3.05, 3.63) is 24.3 Å². The number of hydrogen-bond donors (Lipinski definition) is 1. The Morgan fingerprint density at radius 3 is 3.27 bits per heavy atom. The van der Waals surface area contributed by atoms with Crippen LogP contribution < -0.4 is 0 Å². The van der Waals surface area contributed by atoms with Crippen LogP contribution in [0.5, 0.6) is 0 Å². The van der Waals surface area contributed by atoms with E-state index in [2.05, 4.69) is 0 Å². The van der Waals surface area contributed by atoms with Gasteiger partial charge in [-0.2, -0.15) is 0 Å². The normalized spacial score (nSPS) is 44.5. The Bertz CT molecular complexity index is 323. The highest BCUT2D eigenvalue weighted by molar-refractivity contribution is 5.14. The molecule has 11 heavy (non-hydrogen) atoms. The summed E-state index contributed by atoms with van der Waals surface area (Å²) in [7, 11) is 0. The molecule has 1 aliphatic rings. The maximum Gasteiger partial charge on any atom is 0.0800 e. The number of rotatable bonds is 1.